The first kappa shape index (κ1) is 13.0. The molecular formula is C17H19NO2. The van der Waals surface area contributed by atoms with E-state index in [1.54, 1.807) is 7.11 Å². The minimum atomic E-state index is 0.314. The average molecular weight is 269 g/mol. The molecule has 0 amide bonds. The van der Waals surface area contributed by atoms with Crippen molar-refractivity contribution in [2.75, 3.05) is 13.7 Å². The van der Waals surface area contributed by atoms with E-state index in [1.165, 1.54) is 11.1 Å². The number of rotatable bonds is 4. The summed E-state index contributed by atoms with van der Waals surface area (Å²) in [6.45, 7) is 1.62. The Bertz CT molecular complexity index is 568. The molecular weight excluding hydrogens is 250 g/mol. The topological polar surface area (TPSA) is 30.5 Å². The molecule has 0 saturated carbocycles. The van der Waals surface area contributed by atoms with Crippen LogP contribution >= 0.6 is 0 Å². The molecule has 1 N–H and O–H groups in total. The minimum absolute atomic E-state index is 0.314. The molecule has 1 aliphatic heterocycles. The van der Waals surface area contributed by atoms with Crippen molar-refractivity contribution in [3.8, 4) is 11.5 Å². The first-order valence-electron chi connectivity index (χ1n) is 6.95. The molecule has 2 aromatic carbocycles. The number of hydrogen-bond acceptors (Lipinski definition) is 3. The fourth-order valence-corrected chi connectivity index (χ4v) is 2.55. The first-order valence-corrected chi connectivity index (χ1v) is 6.95. The molecule has 3 nitrogen and oxygen atoms in total. The van der Waals surface area contributed by atoms with E-state index in [9.17, 15) is 0 Å². The molecule has 20 heavy (non-hydrogen) atoms. The van der Waals surface area contributed by atoms with Crippen LogP contribution in [0.2, 0.25) is 0 Å². The van der Waals surface area contributed by atoms with E-state index < -0.39 is 0 Å². The molecule has 0 spiro atoms. The van der Waals surface area contributed by atoms with Crippen LogP contribution in [0.4, 0.5) is 0 Å². The van der Waals surface area contributed by atoms with Crippen LogP contribution in [0.15, 0.2) is 48.5 Å². The number of benzene rings is 2. The lowest BCUT2D eigenvalue weighted by atomic mass is 10.00. The number of hydrogen-bond donors (Lipinski definition) is 1. The molecule has 0 fully saturated rings. The van der Waals surface area contributed by atoms with Crippen LogP contribution in [-0.4, -0.2) is 13.7 Å². The smallest absolute Gasteiger partial charge is 0.124 e. The molecule has 2 aromatic rings. The minimum Gasteiger partial charge on any atom is -0.497 e. The summed E-state index contributed by atoms with van der Waals surface area (Å²) in [4.78, 5) is 0. The number of fused-ring (bicyclic) bond motifs is 1. The van der Waals surface area contributed by atoms with Crippen molar-refractivity contribution in [1.82, 2.24) is 5.32 Å². The van der Waals surface area contributed by atoms with Gasteiger partial charge in [0, 0.05) is 24.6 Å². The lowest BCUT2D eigenvalue weighted by molar-refractivity contribution is 0.251. The molecule has 0 aliphatic carbocycles. The second-order valence-corrected chi connectivity index (χ2v) is 4.96. The van der Waals surface area contributed by atoms with Crippen LogP contribution in [0.5, 0.6) is 11.5 Å². The highest BCUT2D eigenvalue weighted by molar-refractivity contribution is 5.43. The monoisotopic (exact) mass is 269 g/mol. The predicted molar refractivity (Wildman–Crippen MR) is 79.1 cm³/mol. The van der Waals surface area contributed by atoms with Gasteiger partial charge in [0.15, 0.2) is 0 Å². The molecule has 1 heterocycles. The van der Waals surface area contributed by atoms with Crippen LogP contribution in [0.25, 0.3) is 0 Å². The number of ether oxygens (including phenoxy) is 2. The second kappa shape index (κ2) is 5.97. The number of methoxy groups -OCH3 is 1. The zero-order chi connectivity index (χ0) is 13.8. The standard InChI is InChI=1S/C17H19NO2/c1-19-14-7-8-17-15(11-14)16(9-10-20-17)18-12-13-5-3-2-4-6-13/h2-8,11,16,18H,9-10,12H2,1H3/t16-/m0/s1. The van der Waals surface area contributed by atoms with Crippen molar-refractivity contribution < 1.29 is 9.47 Å². The summed E-state index contributed by atoms with van der Waals surface area (Å²) in [5.41, 5.74) is 2.48. The van der Waals surface area contributed by atoms with E-state index in [-0.39, 0.29) is 0 Å². The Morgan fingerprint density at radius 2 is 2.05 bits per heavy atom. The van der Waals surface area contributed by atoms with Gasteiger partial charge in [-0.2, -0.15) is 0 Å². The largest absolute Gasteiger partial charge is 0.497 e. The van der Waals surface area contributed by atoms with Crippen LogP contribution in [0.3, 0.4) is 0 Å². The highest BCUT2D eigenvalue weighted by Gasteiger charge is 2.21. The third-order valence-electron chi connectivity index (χ3n) is 3.65. The molecule has 0 aromatic heterocycles. The summed E-state index contributed by atoms with van der Waals surface area (Å²) in [7, 11) is 1.69. The zero-order valence-electron chi connectivity index (χ0n) is 11.6. The predicted octanol–water partition coefficient (Wildman–Crippen LogP) is 3.31. The van der Waals surface area contributed by atoms with Crippen molar-refractivity contribution >= 4 is 0 Å². The highest BCUT2D eigenvalue weighted by atomic mass is 16.5. The summed E-state index contributed by atoms with van der Waals surface area (Å²) in [5, 5.41) is 3.61. The lowest BCUT2D eigenvalue weighted by Gasteiger charge is -2.27. The maximum atomic E-state index is 5.71. The Hall–Kier alpha value is -2.00. The van der Waals surface area contributed by atoms with Gasteiger partial charge in [-0.05, 0) is 23.8 Å². The maximum Gasteiger partial charge on any atom is 0.124 e. The second-order valence-electron chi connectivity index (χ2n) is 4.96. The van der Waals surface area contributed by atoms with Gasteiger partial charge < -0.3 is 14.8 Å². The van der Waals surface area contributed by atoms with Crippen LogP contribution in [-0.2, 0) is 6.54 Å². The first-order chi connectivity index (χ1) is 9.86. The Kier molecular flexibility index (Phi) is 3.88. The molecule has 1 atom stereocenters. The summed E-state index contributed by atoms with van der Waals surface area (Å²) in [6.07, 6.45) is 0.979. The van der Waals surface area contributed by atoms with Crippen molar-refractivity contribution in [1.29, 1.82) is 0 Å². The van der Waals surface area contributed by atoms with Crippen molar-refractivity contribution in [2.24, 2.45) is 0 Å². The van der Waals surface area contributed by atoms with Gasteiger partial charge >= 0.3 is 0 Å². The van der Waals surface area contributed by atoms with Gasteiger partial charge in [0.1, 0.15) is 11.5 Å². The fourth-order valence-electron chi connectivity index (χ4n) is 2.55. The van der Waals surface area contributed by atoms with Crippen LogP contribution in [0.1, 0.15) is 23.6 Å². The Morgan fingerprint density at radius 3 is 2.85 bits per heavy atom. The van der Waals surface area contributed by atoms with Crippen molar-refractivity contribution in [3.63, 3.8) is 0 Å². The summed E-state index contributed by atoms with van der Waals surface area (Å²) >= 11 is 0. The third-order valence-corrected chi connectivity index (χ3v) is 3.65. The van der Waals surface area contributed by atoms with Gasteiger partial charge in [-0.25, -0.2) is 0 Å². The normalized spacial score (nSPS) is 17.1. The SMILES string of the molecule is COc1ccc2c(c1)[C@@H](NCc1ccccc1)CCO2. The average Bonchev–Trinajstić information content (AvgIpc) is 2.53. The van der Waals surface area contributed by atoms with E-state index in [0.29, 0.717) is 6.04 Å². The van der Waals surface area contributed by atoms with E-state index >= 15 is 0 Å². The number of nitrogens with one attached hydrogen (secondary N) is 1. The summed E-state index contributed by atoms with van der Waals surface area (Å²) in [5.74, 6) is 1.84. The zero-order valence-corrected chi connectivity index (χ0v) is 11.6. The lowest BCUT2D eigenvalue weighted by Crippen LogP contribution is -2.26. The Labute approximate surface area is 119 Å². The molecule has 0 saturated heterocycles. The van der Waals surface area contributed by atoms with Gasteiger partial charge in [0.05, 0.1) is 13.7 Å². The van der Waals surface area contributed by atoms with Crippen molar-refractivity contribution in [2.45, 2.75) is 19.0 Å². The van der Waals surface area contributed by atoms with Gasteiger partial charge in [0.25, 0.3) is 0 Å². The summed E-state index contributed by atoms with van der Waals surface area (Å²) < 4.78 is 11.0. The van der Waals surface area contributed by atoms with Gasteiger partial charge in [-0.3, -0.25) is 0 Å². The van der Waals surface area contributed by atoms with Crippen molar-refractivity contribution in [3.05, 3.63) is 59.7 Å². The molecule has 3 rings (SSSR count). The Balaban J connectivity index is 1.75. The van der Waals surface area contributed by atoms with E-state index in [4.69, 9.17) is 9.47 Å². The molecule has 0 bridgehead atoms. The Morgan fingerprint density at radius 1 is 1.20 bits per heavy atom. The summed E-state index contributed by atoms with van der Waals surface area (Å²) in [6, 6.07) is 16.8. The third kappa shape index (κ3) is 2.78. The quantitative estimate of drug-likeness (QED) is 0.923. The van der Waals surface area contributed by atoms with E-state index in [2.05, 4.69) is 35.6 Å². The van der Waals surface area contributed by atoms with Gasteiger partial charge in [-0.1, -0.05) is 30.3 Å². The van der Waals surface area contributed by atoms with E-state index in [1.807, 2.05) is 18.2 Å². The van der Waals surface area contributed by atoms with Gasteiger partial charge in [-0.15, -0.1) is 0 Å². The molecule has 0 radical (unpaired) electrons. The van der Waals surface area contributed by atoms with Gasteiger partial charge in [0.2, 0.25) is 0 Å². The maximum absolute atomic E-state index is 5.71. The molecule has 0 unspecified atom stereocenters. The van der Waals surface area contributed by atoms with Crippen LogP contribution in [0, 0.1) is 0 Å². The molecule has 1 aliphatic rings. The highest BCUT2D eigenvalue weighted by Crippen LogP contribution is 2.34. The van der Waals surface area contributed by atoms with E-state index in [0.717, 1.165) is 31.1 Å². The molecule has 104 valence electrons. The fraction of sp³-hybridized carbons (Fsp3) is 0.294. The molecule has 3 heteroatoms. The van der Waals surface area contributed by atoms with Crippen LogP contribution < -0.4 is 14.8 Å².